The van der Waals surface area contributed by atoms with Crippen molar-refractivity contribution in [2.24, 2.45) is 0 Å². The Kier molecular flexibility index (Phi) is 3.83. The number of fused-ring (bicyclic) bond motifs is 1. The first-order valence-corrected chi connectivity index (χ1v) is 7.39. The molecule has 106 valence electrons. The standard InChI is InChI=1S/C16H22N4/c1-13(2)8-11-19-9-5-6-14(12-19)16-18-17-15-7-3-4-10-20(15)16/h3-4,7-8,10,14H,5-6,9,11-12H2,1-2H3. The van der Waals surface area contributed by atoms with Gasteiger partial charge in [0.25, 0.3) is 0 Å². The lowest BCUT2D eigenvalue weighted by atomic mass is 9.97. The molecule has 1 aliphatic heterocycles. The molecule has 1 atom stereocenters. The zero-order valence-corrected chi connectivity index (χ0v) is 12.3. The van der Waals surface area contributed by atoms with Crippen LogP contribution in [0.4, 0.5) is 0 Å². The van der Waals surface area contributed by atoms with Crippen LogP contribution in [0.25, 0.3) is 5.65 Å². The summed E-state index contributed by atoms with van der Waals surface area (Å²) in [7, 11) is 0. The van der Waals surface area contributed by atoms with Gasteiger partial charge >= 0.3 is 0 Å². The highest BCUT2D eigenvalue weighted by Gasteiger charge is 2.24. The minimum Gasteiger partial charge on any atom is -0.299 e. The van der Waals surface area contributed by atoms with Crippen LogP contribution in [-0.2, 0) is 0 Å². The van der Waals surface area contributed by atoms with E-state index in [0.717, 1.165) is 24.6 Å². The van der Waals surface area contributed by atoms with E-state index in [1.807, 2.05) is 18.2 Å². The molecule has 1 unspecified atom stereocenters. The van der Waals surface area contributed by atoms with Gasteiger partial charge in [0.05, 0.1) is 0 Å². The van der Waals surface area contributed by atoms with Crippen LogP contribution < -0.4 is 0 Å². The third kappa shape index (κ3) is 2.75. The van der Waals surface area contributed by atoms with Crippen LogP contribution in [0.5, 0.6) is 0 Å². The van der Waals surface area contributed by atoms with E-state index in [4.69, 9.17) is 0 Å². The fourth-order valence-corrected chi connectivity index (χ4v) is 2.88. The van der Waals surface area contributed by atoms with Crippen molar-refractivity contribution in [3.05, 3.63) is 41.9 Å². The molecule has 0 radical (unpaired) electrons. The highest BCUT2D eigenvalue weighted by molar-refractivity contribution is 5.37. The maximum Gasteiger partial charge on any atom is 0.160 e. The largest absolute Gasteiger partial charge is 0.299 e. The Balaban J connectivity index is 1.78. The Bertz CT molecular complexity index is 610. The van der Waals surface area contributed by atoms with E-state index in [9.17, 15) is 0 Å². The van der Waals surface area contributed by atoms with E-state index in [2.05, 4.69) is 45.6 Å². The van der Waals surface area contributed by atoms with Gasteiger partial charge in [-0.05, 0) is 45.4 Å². The second kappa shape index (κ2) is 5.75. The van der Waals surface area contributed by atoms with E-state index in [1.54, 1.807) is 0 Å². The number of hydrogen-bond acceptors (Lipinski definition) is 3. The fraction of sp³-hybridized carbons (Fsp3) is 0.500. The minimum absolute atomic E-state index is 0.492. The summed E-state index contributed by atoms with van der Waals surface area (Å²) in [5.41, 5.74) is 2.34. The summed E-state index contributed by atoms with van der Waals surface area (Å²) < 4.78 is 2.13. The molecule has 3 rings (SSSR count). The Morgan fingerprint density at radius 1 is 1.35 bits per heavy atom. The quantitative estimate of drug-likeness (QED) is 0.804. The van der Waals surface area contributed by atoms with Gasteiger partial charge in [0.15, 0.2) is 5.65 Å². The van der Waals surface area contributed by atoms with Gasteiger partial charge in [0, 0.05) is 25.2 Å². The first-order valence-electron chi connectivity index (χ1n) is 7.39. The summed E-state index contributed by atoms with van der Waals surface area (Å²) in [6.07, 6.45) is 6.83. The highest BCUT2D eigenvalue weighted by Crippen LogP contribution is 2.25. The fourth-order valence-electron chi connectivity index (χ4n) is 2.88. The van der Waals surface area contributed by atoms with Crippen LogP contribution in [0.2, 0.25) is 0 Å². The van der Waals surface area contributed by atoms with Crippen LogP contribution in [0.1, 0.15) is 38.4 Å². The number of likely N-dealkylation sites (tertiary alicyclic amines) is 1. The van der Waals surface area contributed by atoms with E-state index in [-0.39, 0.29) is 0 Å². The van der Waals surface area contributed by atoms with Crippen LogP contribution in [-0.4, -0.2) is 39.1 Å². The first kappa shape index (κ1) is 13.3. The topological polar surface area (TPSA) is 33.4 Å². The summed E-state index contributed by atoms with van der Waals surface area (Å²) >= 11 is 0. The predicted octanol–water partition coefficient (Wildman–Crippen LogP) is 2.87. The van der Waals surface area contributed by atoms with Gasteiger partial charge in [-0.3, -0.25) is 9.30 Å². The van der Waals surface area contributed by atoms with Crippen LogP contribution in [0, 0.1) is 0 Å². The third-order valence-electron chi connectivity index (χ3n) is 3.97. The molecule has 2 aromatic rings. The summed E-state index contributed by atoms with van der Waals surface area (Å²) in [5.74, 6) is 1.61. The zero-order chi connectivity index (χ0) is 13.9. The molecule has 3 heterocycles. The van der Waals surface area contributed by atoms with E-state index in [0.29, 0.717) is 5.92 Å². The molecule has 20 heavy (non-hydrogen) atoms. The monoisotopic (exact) mass is 270 g/mol. The minimum atomic E-state index is 0.492. The maximum atomic E-state index is 4.42. The van der Waals surface area contributed by atoms with Crippen molar-refractivity contribution in [1.82, 2.24) is 19.5 Å². The molecule has 0 aromatic carbocycles. The average molecular weight is 270 g/mol. The molecule has 0 N–H and O–H groups in total. The number of nitrogens with zero attached hydrogens (tertiary/aromatic N) is 4. The van der Waals surface area contributed by atoms with Crippen molar-refractivity contribution in [3.63, 3.8) is 0 Å². The van der Waals surface area contributed by atoms with E-state index in [1.165, 1.54) is 25.0 Å². The Labute approximate surface area is 120 Å². The van der Waals surface area contributed by atoms with Crippen LogP contribution in [0.3, 0.4) is 0 Å². The second-order valence-corrected chi connectivity index (χ2v) is 5.87. The van der Waals surface area contributed by atoms with E-state index < -0.39 is 0 Å². The highest BCUT2D eigenvalue weighted by atomic mass is 15.3. The normalized spacial score (nSPS) is 20.2. The number of pyridine rings is 1. The SMILES string of the molecule is CC(C)=CCN1CCCC(c2nnc3ccccn23)C1. The van der Waals surface area contributed by atoms with Crippen LogP contribution in [0.15, 0.2) is 36.0 Å². The molecule has 0 amide bonds. The second-order valence-electron chi connectivity index (χ2n) is 5.87. The first-order chi connectivity index (χ1) is 9.74. The molecule has 0 aliphatic carbocycles. The lowest BCUT2D eigenvalue weighted by molar-refractivity contribution is 0.223. The van der Waals surface area contributed by atoms with Gasteiger partial charge in [-0.25, -0.2) is 0 Å². The molecule has 0 spiro atoms. The molecule has 1 fully saturated rings. The van der Waals surface area contributed by atoms with Crippen molar-refractivity contribution in [2.45, 2.75) is 32.6 Å². The molecule has 2 aromatic heterocycles. The molecule has 1 saturated heterocycles. The van der Waals surface area contributed by atoms with Gasteiger partial charge < -0.3 is 0 Å². The van der Waals surface area contributed by atoms with Crippen molar-refractivity contribution in [2.75, 3.05) is 19.6 Å². The Morgan fingerprint density at radius 3 is 3.10 bits per heavy atom. The van der Waals surface area contributed by atoms with Crippen molar-refractivity contribution < 1.29 is 0 Å². The average Bonchev–Trinajstić information content (AvgIpc) is 2.89. The van der Waals surface area contributed by atoms with Crippen molar-refractivity contribution in [3.8, 4) is 0 Å². The Hall–Kier alpha value is -1.68. The Morgan fingerprint density at radius 2 is 2.25 bits per heavy atom. The molecule has 1 aliphatic rings. The van der Waals surface area contributed by atoms with Gasteiger partial charge in [-0.2, -0.15) is 0 Å². The number of rotatable bonds is 3. The number of aromatic nitrogens is 3. The molecule has 4 nitrogen and oxygen atoms in total. The van der Waals surface area contributed by atoms with Crippen molar-refractivity contribution in [1.29, 1.82) is 0 Å². The lowest BCUT2D eigenvalue weighted by Crippen LogP contribution is -2.35. The molecule has 0 bridgehead atoms. The summed E-state index contributed by atoms with van der Waals surface area (Å²) in [4.78, 5) is 2.52. The zero-order valence-electron chi connectivity index (χ0n) is 12.3. The lowest BCUT2D eigenvalue weighted by Gasteiger charge is -2.31. The molecule has 4 heteroatoms. The number of piperidine rings is 1. The van der Waals surface area contributed by atoms with E-state index >= 15 is 0 Å². The molecular formula is C16H22N4. The smallest absolute Gasteiger partial charge is 0.160 e. The van der Waals surface area contributed by atoms with Gasteiger partial charge in [0.1, 0.15) is 5.82 Å². The summed E-state index contributed by atoms with van der Waals surface area (Å²) in [6, 6.07) is 6.07. The molecular weight excluding hydrogens is 248 g/mol. The number of allylic oxidation sites excluding steroid dienone is 1. The summed E-state index contributed by atoms with van der Waals surface area (Å²) in [6.45, 7) is 7.65. The van der Waals surface area contributed by atoms with Gasteiger partial charge in [-0.1, -0.05) is 17.7 Å². The van der Waals surface area contributed by atoms with Gasteiger partial charge in [-0.15, -0.1) is 10.2 Å². The van der Waals surface area contributed by atoms with Crippen molar-refractivity contribution >= 4 is 5.65 Å². The number of hydrogen-bond donors (Lipinski definition) is 0. The predicted molar refractivity (Wildman–Crippen MR) is 80.8 cm³/mol. The van der Waals surface area contributed by atoms with Crippen LogP contribution >= 0.6 is 0 Å². The maximum absolute atomic E-state index is 4.42. The molecule has 0 saturated carbocycles. The third-order valence-corrected chi connectivity index (χ3v) is 3.97. The summed E-state index contributed by atoms with van der Waals surface area (Å²) in [5, 5.41) is 8.70. The van der Waals surface area contributed by atoms with Gasteiger partial charge in [0.2, 0.25) is 0 Å².